The highest BCUT2D eigenvalue weighted by atomic mass is 35.5. The Hall–Kier alpha value is -0.370. The van der Waals surface area contributed by atoms with Crippen LogP contribution in [0.1, 0.15) is 12.8 Å². The molecule has 2 N–H and O–H groups in total. The second-order valence-electron chi connectivity index (χ2n) is 5.59. The van der Waals surface area contributed by atoms with Crippen LogP contribution in [-0.4, -0.2) is 74.9 Å². The number of nitrogens with zero attached hydrogens (tertiary/aromatic N) is 1. The van der Waals surface area contributed by atoms with Gasteiger partial charge in [-0.3, -0.25) is 9.69 Å². The lowest BCUT2D eigenvalue weighted by molar-refractivity contribution is -0.123. The molecule has 0 aromatic carbocycles. The normalized spacial score (nSPS) is 33.4. The molecule has 0 aromatic rings. The summed E-state index contributed by atoms with van der Waals surface area (Å²) < 4.78 is 22.9. The Bertz CT molecular complexity index is 457. The van der Waals surface area contributed by atoms with Gasteiger partial charge in [-0.05, 0) is 26.4 Å². The molecule has 3 unspecified atom stereocenters. The molecule has 0 radical (unpaired) electrons. The number of hydrogen-bond acceptors (Lipinski definition) is 5. The smallest absolute Gasteiger partial charge is 0.234 e. The average Bonchev–Trinajstić information content (AvgIpc) is 2.85. The van der Waals surface area contributed by atoms with Crippen LogP contribution >= 0.6 is 11.6 Å². The molecule has 2 rings (SSSR count). The first-order chi connectivity index (χ1) is 9.41. The quantitative estimate of drug-likeness (QED) is 0.647. The number of sulfone groups is 1. The number of carbonyl (C=O) groups is 1. The topological polar surface area (TPSA) is 78.5 Å². The van der Waals surface area contributed by atoms with Crippen molar-refractivity contribution in [2.75, 3.05) is 38.2 Å². The van der Waals surface area contributed by atoms with Crippen LogP contribution in [0.3, 0.4) is 0 Å². The van der Waals surface area contributed by atoms with Crippen LogP contribution in [0.4, 0.5) is 0 Å². The van der Waals surface area contributed by atoms with E-state index < -0.39 is 21.3 Å². The van der Waals surface area contributed by atoms with Crippen LogP contribution in [0.2, 0.25) is 0 Å². The number of carbonyl (C=O) groups excluding carboxylic acids is 1. The van der Waals surface area contributed by atoms with E-state index >= 15 is 0 Å². The maximum Gasteiger partial charge on any atom is 0.234 e. The second kappa shape index (κ2) is 6.60. The number of amides is 1. The van der Waals surface area contributed by atoms with Gasteiger partial charge in [0.25, 0.3) is 0 Å². The fourth-order valence-electron chi connectivity index (χ4n) is 2.94. The zero-order chi connectivity index (χ0) is 14.8. The number of alkyl halides is 1. The first kappa shape index (κ1) is 16.0. The lowest BCUT2D eigenvalue weighted by Crippen LogP contribution is -2.47. The third-order valence-corrected chi connectivity index (χ3v) is 6.29. The number of likely N-dealkylation sites (N-methyl/N-ethyl adjacent to an activating group) is 1. The number of likely N-dealkylation sites (tertiary alicyclic amines) is 1. The Morgan fingerprint density at radius 1 is 1.40 bits per heavy atom. The average molecular weight is 324 g/mol. The molecular formula is C12H22ClN3O3S. The van der Waals surface area contributed by atoms with Crippen LogP contribution in [0, 0.1) is 0 Å². The summed E-state index contributed by atoms with van der Waals surface area (Å²) in [5, 5.41) is 5.37. The predicted molar refractivity (Wildman–Crippen MR) is 78.7 cm³/mol. The van der Waals surface area contributed by atoms with Crippen molar-refractivity contribution >= 4 is 27.3 Å². The SMILES string of the molecule is CNCC1CCCN1CC(=O)NC1CS(=O)(=O)CC1Cl. The minimum Gasteiger partial charge on any atom is -0.350 e. The molecule has 0 aromatic heterocycles. The zero-order valence-electron chi connectivity index (χ0n) is 11.6. The van der Waals surface area contributed by atoms with E-state index in [1.54, 1.807) is 0 Å². The lowest BCUT2D eigenvalue weighted by atomic mass is 10.2. The van der Waals surface area contributed by atoms with Gasteiger partial charge in [0, 0.05) is 12.6 Å². The van der Waals surface area contributed by atoms with Crippen molar-refractivity contribution in [3.8, 4) is 0 Å². The maximum absolute atomic E-state index is 12.0. The van der Waals surface area contributed by atoms with Crippen LogP contribution in [0.25, 0.3) is 0 Å². The second-order valence-corrected chi connectivity index (χ2v) is 8.31. The van der Waals surface area contributed by atoms with Crippen LogP contribution in [-0.2, 0) is 14.6 Å². The first-order valence-electron chi connectivity index (χ1n) is 6.94. The summed E-state index contributed by atoms with van der Waals surface area (Å²) in [6.45, 7) is 2.09. The highest BCUT2D eigenvalue weighted by Crippen LogP contribution is 2.19. The van der Waals surface area contributed by atoms with E-state index in [1.165, 1.54) is 0 Å². The fourth-order valence-corrected chi connectivity index (χ4v) is 5.49. The van der Waals surface area contributed by atoms with E-state index in [1.807, 2.05) is 7.05 Å². The van der Waals surface area contributed by atoms with Crippen LogP contribution < -0.4 is 10.6 Å². The van der Waals surface area contributed by atoms with E-state index in [9.17, 15) is 13.2 Å². The minimum atomic E-state index is -3.11. The van der Waals surface area contributed by atoms with Crippen LogP contribution in [0.5, 0.6) is 0 Å². The van der Waals surface area contributed by atoms with Gasteiger partial charge in [0.05, 0.1) is 29.5 Å². The molecule has 2 fully saturated rings. The highest BCUT2D eigenvalue weighted by Gasteiger charge is 2.37. The van der Waals surface area contributed by atoms with Crippen molar-refractivity contribution in [1.82, 2.24) is 15.5 Å². The number of rotatable bonds is 5. The summed E-state index contributed by atoms with van der Waals surface area (Å²) in [7, 11) is -1.21. The number of halogens is 1. The largest absolute Gasteiger partial charge is 0.350 e. The third-order valence-electron chi connectivity index (χ3n) is 3.92. The molecule has 1 amide bonds. The van der Waals surface area contributed by atoms with Gasteiger partial charge in [0.1, 0.15) is 0 Å². The summed E-state index contributed by atoms with van der Waals surface area (Å²) in [4.78, 5) is 14.2. The van der Waals surface area contributed by atoms with E-state index in [0.29, 0.717) is 12.6 Å². The monoisotopic (exact) mass is 323 g/mol. The molecule has 3 atom stereocenters. The highest BCUT2D eigenvalue weighted by molar-refractivity contribution is 7.91. The zero-order valence-corrected chi connectivity index (χ0v) is 13.2. The number of hydrogen-bond donors (Lipinski definition) is 2. The van der Waals surface area contributed by atoms with Crippen molar-refractivity contribution in [2.24, 2.45) is 0 Å². The van der Waals surface area contributed by atoms with Crippen molar-refractivity contribution in [3.63, 3.8) is 0 Å². The maximum atomic E-state index is 12.0. The summed E-state index contributed by atoms with van der Waals surface area (Å²) in [5.74, 6) is -0.237. The molecule has 6 nitrogen and oxygen atoms in total. The summed E-state index contributed by atoms with van der Waals surface area (Å²) in [6.07, 6.45) is 2.18. The minimum absolute atomic E-state index is 0.0488. The molecule has 8 heteroatoms. The first-order valence-corrected chi connectivity index (χ1v) is 9.19. The van der Waals surface area contributed by atoms with Gasteiger partial charge in [-0.2, -0.15) is 0 Å². The van der Waals surface area contributed by atoms with Crippen molar-refractivity contribution in [2.45, 2.75) is 30.3 Å². The third kappa shape index (κ3) is 4.07. The molecule has 116 valence electrons. The van der Waals surface area contributed by atoms with Crippen LogP contribution in [0.15, 0.2) is 0 Å². The Kier molecular flexibility index (Phi) is 5.28. The van der Waals surface area contributed by atoms with E-state index in [4.69, 9.17) is 11.6 Å². The molecule has 0 saturated carbocycles. The lowest BCUT2D eigenvalue weighted by Gasteiger charge is -2.24. The Morgan fingerprint density at radius 2 is 2.15 bits per heavy atom. The van der Waals surface area contributed by atoms with E-state index in [2.05, 4.69) is 15.5 Å². The van der Waals surface area contributed by atoms with Gasteiger partial charge < -0.3 is 10.6 Å². The molecule has 2 heterocycles. The molecule has 2 aliphatic heterocycles. The molecule has 20 heavy (non-hydrogen) atoms. The van der Waals surface area contributed by atoms with Gasteiger partial charge in [-0.15, -0.1) is 11.6 Å². The molecule has 2 aliphatic rings. The van der Waals surface area contributed by atoms with Gasteiger partial charge in [-0.25, -0.2) is 8.42 Å². The van der Waals surface area contributed by atoms with E-state index in [0.717, 1.165) is 25.9 Å². The molecule has 0 bridgehead atoms. The fraction of sp³-hybridized carbons (Fsp3) is 0.917. The Labute approximate surface area is 125 Å². The summed E-state index contributed by atoms with van der Waals surface area (Å²) >= 11 is 5.98. The van der Waals surface area contributed by atoms with Gasteiger partial charge in [0.2, 0.25) is 5.91 Å². The van der Waals surface area contributed by atoms with E-state index in [-0.39, 0.29) is 17.4 Å². The standard InChI is InChI=1S/C12H22ClN3O3S/c1-14-5-9-3-2-4-16(9)6-12(17)15-11-8-20(18,19)7-10(11)13/h9-11,14H,2-8H2,1H3,(H,15,17). The van der Waals surface area contributed by atoms with Crippen molar-refractivity contribution in [1.29, 1.82) is 0 Å². The molecular weight excluding hydrogens is 302 g/mol. The molecule has 0 aliphatic carbocycles. The predicted octanol–water partition coefficient (Wildman–Crippen LogP) is -0.809. The van der Waals surface area contributed by atoms with Gasteiger partial charge in [-0.1, -0.05) is 0 Å². The Morgan fingerprint density at radius 3 is 2.75 bits per heavy atom. The van der Waals surface area contributed by atoms with Gasteiger partial charge in [0.15, 0.2) is 9.84 Å². The summed E-state index contributed by atoms with van der Waals surface area (Å²) in [5.41, 5.74) is 0. The number of nitrogens with one attached hydrogen (secondary N) is 2. The van der Waals surface area contributed by atoms with Crippen molar-refractivity contribution < 1.29 is 13.2 Å². The van der Waals surface area contributed by atoms with Crippen molar-refractivity contribution in [3.05, 3.63) is 0 Å². The Balaban J connectivity index is 1.84. The molecule has 0 spiro atoms. The van der Waals surface area contributed by atoms with Gasteiger partial charge >= 0.3 is 0 Å². The summed E-state index contributed by atoms with van der Waals surface area (Å²) in [6, 6.07) is -0.0793. The molecule has 2 saturated heterocycles.